The third-order valence-electron chi connectivity index (χ3n) is 3.18. The van der Waals surface area contributed by atoms with E-state index in [9.17, 15) is 4.79 Å². The van der Waals surface area contributed by atoms with Crippen LogP contribution in [-0.2, 0) is 6.61 Å². The Morgan fingerprint density at radius 3 is 2.67 bits per heavy atom. The summed E-state index contributed by atoms with van der Waals surface area (Å²) in [5, 5.41) is 8.86. The number of ketones is 1. The first kappa shape index (κ1) is 15.3. The number of carbonyl (C=O) groups excluding carboxylic acids is 1. The number of ether oxygens (including phenoxy) is 1. The lowest BCUT2D eigenvalue weighted by Gasteiger charge is -2.12. The number of Topliss-reactive ketones (excluding diaryl/α,β-unsaturated/α-hetero) is 1. The van der Waals surface area contributed by atoms with E-state index < -0.39 is 0 Å². The molecule has 0 aromatic heterocycles. The van der Waals surface area contributed by atoms with Crippen LogP contribution >= 0.6 is 15.9 Å². The molecule has 0 saturated heterocycles. The molecule has 0 aliphatic carbocycles. The number of rotatable bonds is 4. The molecule has 0 fully saturated rings. The fraction of sp³-hybridized carbons (Fsp3) is 0.176. The van der Waals surface area contributed by atoms with Crippen molar-refractivity contribution in [3.63, 3.8) is 0 Å². The Bertz CT molecular complexity index is 732. The van der Waals surface area contributed by atoms with E-state index in [1.54, 1.807) is 18.2 Å². The topological polar surface area (TPSA) is 50.1 Å². The summed E-state index contributed by atoms with van der Waals surface area (Å²) in [6, 6.07) is 12.9. The highest BCUT2D eigenvalue weighted by Crippen LogP contribution is 2.25. The molecule has 106 valence electrons. The standard InChI is InChI=1S/C17H14BrNO2/c1-11-7-13(9-19)3-4-14(11)10-21-17-8-15(18)5-6-16(17)12(2)20/h3-8H,10H2,1-2H3. The number of aryl methyl sites for hydroxylation is 1. The minimum atomic E-state index is -0.0333. The summed E-state index contributed by atoms with van der Waals surface area (Å²) in [5.74, 6) is 0.523. The van der Waals surface area contributed by atoms with Gasteiger partial charge in [-0.3, -0.25) is 4.79 Å². The number of benzene rings is 2. The second-order valence-corrected chi connectivity index (χ2v) is 5.65. The molecule has 0 heterocycles. The van der Waals surface area contributed by atoms with Crippen molar-refractivity contribution in [3.05, 3.63) is 63.1 Å². The van der Waals surface area contributed by atoms with Crippen LogP contribution in [0.5, 0.6) is 5.75 Å². The van der Waals surface area contributed by atoms with Gasteiger partial charge < -0.3 is 4.74 Å². The Morgan fingerprint density at radius 2 is 2.05 bits per heavy atom. The van der Waals surface area contributed by atoms with Crippen molar-refractivity contribution in [2.45, 2.75) is 20.5 Å². The first-order chi connectivity index (χ1) is 10.0. The fourth-order valence-corrected chi connectivity index (χ4v) is 2.33. The highest BCUT2D eigenvalue weighted by molar-refractivity contribution is 9.10. The maximum absolute atomic E-state index is 11.6. The van der Waals surface area contributed by atoms with E-state index in [-0.39, 0.29) is 5.78 Å². The summed E-state index contributed by atoms with van der Waals surface area (Å²) >= 11 is 3.38. The summed E-state index contributed by atoms with van der Waals surface area (Å²) in [6.45, 7) is 3.81. The minimum Gasteiger partial charge on any atom is -0.488 e. The van der Waals surface area contributed by atoms with Crippen LogP contribution in [0.4, 0.5) is 0 Å². The lowest BCUT2D eigenvalue weighted by Crippen LogP contribution is -2.03. The van der Waals surface area contributed by atoms with Crippen molar-refractivity contribution in [2.75, 3.05) is 0 Å². The van der Waals surface area contributed by atoms with Crippen molar-refractivity contribution >= 4 is 21.7 Å². The summed E-state index contributed by atoms with van der Waals surface area (Å²) in [6.07, 6.45) is 0. The van der Waals surface area contributed by atoms with Gasteiger partial charge in [-0.1, -0.05) is 22.0 Å². The molecule has 2 aromatic rings. The molecular formula is C17H14BrNO2. The van der Waals surface area contributed by atoms with Crippen LogP contribution in [0.3, 0.4) is 0 Å². The molecule has 2 rings (SSSR count). The first-order valence-corrected chi connectivity index (χ1v) is 7.23. The molecule has 21 heavy (non-hydrogen) atoms. The zero-order valence-corrected chi connectivity index (χ0v) is 13.4. The molecule has 2 aromatic carbocycles. The third-order valence-corrected chi connectivity index (χ3v) is 3.67. The van der Waals surface area contributed by atoms with Gasteiger partial charge in [-0.15, -0.1) is 0 Å². The van der Waals surface area contributed by atoms with Gasteiger partial charge in [-0.05, 0) is 55.3 Å². The van der Waals surface area contributed by atoms with Gasteiger partial charge in [0.1, 0.15) is 12.4 Å². The Morgan fingerprint density at radius 1 is 1.29 bits per heavy atom. The second kappa shape index (κ2) is 6.55. The van der Waals surface area contributed by atoms with Crippen LogP contribution in [0.15, 0.2) is 40.9 Å². The van der Waals surface area contributed by atoms with Crippen molar-refractivity contribution in [1.29, 1.82) is 5.26 Å². The molecule has 0 saturated carbocycles. The number of hydrogen-bond donors (Lipinski definition) is 0. The van der Waals surface area contributed by atoms with Crippen molar-refractivity contribution in [3.8, 4) is 11.8 Å². The Balaban J connectivity index is 2.22. The van der Waals surface area contributed by atoms with Crippen LogP contribution in [-0.4, -0.2) is 5.78 Å². The molecule has 3 nitrogen and oxygen atoms in total. The van der Waals surface area contributed by atoms with Crippen molar-refractivity contribution in [2.24, 2.45) is 0 Å². The molecule has 0 unspecified atom stereocenters. The van der Waals surface area contributed by atoms with Crippen LogP contribution in [0.25, 0.3) is 0 Å². The van der Waals surface area contributed by atoms with Gasteiger partial charge in [0.25, 0.3) is 0 Å². The first-order valence-electron chi connectivity index (χ1n) is 6.44. The van der Waals surface area contributed by atoms with E-state index in [1.165, 1.54) is 6.92 Å². The average Bonchev–Trinajstić information content (AvgIpc) is 2.45. The van der Waals surface area contributed by atoms with Crippen molar-refractivity contribution < 1.29 is 9.53 Å². The smallest absolute Gasteiger partial charge is 0.163 e. The Hall–Kier alpha value is -2.12. The Kier molecular flexibility index (Phi) is 4.77. The fourth-order valence-electron chi connectivity index (χ4n) is 1.99. The average molecular weight is 344 g/mol. The highest BCUT2D eigenvalue weighted by atomic mass is 79.9. The molecule has 0 aliphatic heterocycles. The molecule has 0 atom stereocenters. The SMILES string of the molecule is CC(=O)c1ccc(Br)cc1OCc1ccc(C#N)cc1C. The van der Waals surface area contributed by atoms with Gasteiger partial charge in [0.05, 0.1) is 17.2 Å². The lowest BCUT2D eigenvalue weighted by molar-refractivity contribution is 0.101. The monoisotopic (exact) mass is 343 g/mol. The van der Waals surface area contributed by atoms with Crippen LogP contribution in [0, 0.1) is 18.3 Å². The molecule has 0 N–H and O–H groups in total. The molecule has 0 amide bonds. The summed E-state index contributed by atoms with van der Waals surface area (Å²) < 4.78 is 6.65. The molecule has 0 bridgehead atoms. The van der Waals surface area contributed by atoms with E-state index >= 15 is 0 Å². The predicted octanol–water partition coefficient (Wildman–Crippen LogP) is 4.41. The largest absolute Gasteiger partial charge is 0.488 e. The normalized spacial score (nSPS) is 10.0. The van der Waals surface area contributed by atoms with Crippen LogP contribution in [0.1, 0.15) is 34.0 Å². The number of halogens is 1. The van der Waals surface area contributed by atoms with E-state index in [4.69, 9.17) is 10.00 Å². The van der Waals surface area contributed by atoms with E-state index in [0.29, 0.717) is 23.5 Å². The molecule has 0 spiro atoms. The zero-order chi connectivity index (χ0) is 15.4. The van der Waals surface area contributed by atoms with E-state index in [1.807, 2.05) is 25.1 Å². The Labute approximate surface area is 132 Å². The van der Waals surface area contributed by atoms with Crippen molar-refractivity contribution in [1.82, 2.24) is 0 Å². The van der Waals surface area contributed by atoms with Gasteiger partial charge >= 0.3 is 0 Å². The van der Waals surface area contributed by atoms with Gasteiger partial charge in [0, 0.05) is 4.47 Å². The lowest BCUT2D eigenvalue weighted by atomic mass is 10.1. The maximum atomic E-state index is 11.6. The van der Waals surface area contributed by atoms with Crippen LogP contribution < -0.4 is 4.74 Å². The van der Waals surface area contributed by atoms with Gasteiger partial charge in [-0.25, -0.2) is 0 Å². The van der Waals surface area contributed by atoms with E-state index in [0.717, 1.165) is 15.6 Å². The summed E-state index contributed by atoms with van der Waals surface area (Å²) in [7, 11) is 0. The second-order valence-electron chi connectivity index (χ2n) is 4.74. The number of nitrogens with zero attached hydrogens (tertiary/aromatic N) is 1. The molecule has 0 aliphatic rings. The maximum Gasteiger partial charge on any atom is 0.163 e. The van der Waals surface area contributed by atoms with Gasteiger partial charge in [0.15, 0.2) is 5.78 Å². The number of carbonyl (C=O) groups is 1. The quantitative estimate of drug-likeness (QED) is 0.772. The third kappa shape index (κ3) is 3.71. The number of hydrogen-bond acceptors (Lipinski definition) is 3. The van der Waals surface area contributed by atoms with Gasteiger partial charge in [0.2, 0.25) is 0 Å². The number of nitriles is 1. The molecular weight excluding hydrogens is 330 g/mol. The van der Waals surface area contributed by atoms with E-state index in [2.05, 4.69) is 22.0 Å². The zero-order valence-electron chi connectivity index (χ0n) is 11.8. The highest BCUT2D eigenvalue weighted by Gasteiger charge is 2.10. The molecule has 4 heteroatoms. The summed E-state index contributed by atoms with van der Waals surface area (Å²) in [5.41, 5.74) is 3.17. The van der Waals surface area contributed by atoms with Gasteiger partial charge in [-0.2, -0.15) is 5.26 Å². The minimum absolute atomic E-state index is 0.0333. The molecule has 0 radical (unpaired) electrons. The summed E-state index contributed by atoms with van der Waals surface area (Å²) in [4.78, 5) is 11.6. The predicted molar refractivity (Wildman–Crippen MR) is 84.4 cm³/mol. The van der Waals surface area contributed by atoms with Crippen LogP contribution in [0.2, 0.25) is 0 Å².